The SMILES string of the molecule is COc1ccc(-c2nnc(SCC(=O)Nc3ccc(Br)cc3F)n2-c2ccc(Cl)cc2)cc1. The molecule has 1 heterocycles. The number of hydrogen-bond acceptors (Lipinski definition) is 5. The third-order valence-corrected chi connectivity index (χ3v) is 6.28. The van der Waals surface area contributed by atoms with Crippen LogP contribution in [-0.2, 0) is 4.79 Å². The van der Waals surface area contributed by atoms with E-state index in [2.05, 4.69) is 31.4 Å². The van der Waals surface area contributed by atoms with E-state index in [9.17, 15) is 9.18 Å². The second-order valence-electron chi connectivity index (χ2n) is 6.81. The molecule has 3 aromatic carbocycles. The summed E-state index contributed by atoms with van der Waals surface area (Å²) in [7, 11) is 1.60. The predicted octanol–water partition coefficient (Wildman–Crippen LogP) is 6.23. The first-order valence-corrected chi connectivity index (χ1v) is 11.8. The highest BCUT2D eigenvalue weighted by Gasteiger charge is 2.18. The van der Waals surface area contributed by atoms with Gasteiger partial charge in [0, 0.05) is 20.7 Å². The van der Waals surface area contributed by atoms with E-state index in [0.29, 0.717) is 20.5 Å². The molecule has 0 aliphatic rings. The van der Waals surface area contributed by atoms with Gasteiger partial charge in [0.15, 0.2) is 11.0 Å². The molecule has 1 aromatic heterocycles. The summed E-state index contributed by atoms with van der Waals surface area (Å²) >= 11 is 10.5. The minimum absolute atomic E-state index is 0.0177. The summed E-state index contributed by atoms with van der Waals surface area (Å²) in [4.78, 5) is 12.5. The van der Waals surface area contributed by atoms with Gasteiger partial charge in [-0.05, 0) is 66.7 Å². The van der Waals surface area contributed by atoms with E-state index in [0.717, 1.165) is 17.0 Å². The number of thioether (sulfide) groups is 1. The van der Waals surface area contributed by atoms with Crippen LogP contribution in [-0.4, -0.2) is 33.5 Å². The Morgan fingerprint density at radius 1 is 1.12 bits per heavy atom. The number of hydrogen-bond donors (Lipinski definition) is 1. The van der Waals surface area contributed by atoms with Crippen LogP contribution in [0.4, 0.5) is 10.1 Å². The zero-order valence-electron chi connectivity index (χ0n) is 17.3. The highest BCUT2D eigenvalue weighted by atomic mass is 79.9. The topological polar surface area (TPSA) is 69.0 Å². The molecule has 0 saturated carbocycles. The van der Waals surface area contributed by atoms with Gasteiger partial charge < -0.3 is 10.1 Å². The van der Waals surface area contributed by atoms with Crippen LogP contribution in [0.1, 0.15) is 0 Å². The van der Waals surface area contributed by atoms with Crippen molar-refractivity contribution >= 4 is 50.9 Å². The van der Waals surface area contributed by atoms with E-state index in [1.165, 1.54) is 23.9 Å². The van der Waals surface area contributed by atoms with Gasteiger partial charge in [0.1, 0.15) is 11.6 Å². The van der Waals surface area contributed by atoms with Crippen LogP contribution in [0.2, 0.25) is 5.02 Å². The molecule has 0 fully saturated rings. The maximum atomic E-state index is 14.0. The average molecular weight is 548 g/mol. The Morgan fingerprint density at radius 2 is 1.85 bits per heavy atom. The second-order valence-corrected chi connectivity index (χ2v) is 9.10. The molecule has 1 amide bonds. The summed E-state index contributed by atoms with van der Waals surface area (Å²) in [6.45, 7) is 0. The molecule has 0 saturated heterocycles. The number of halogens is 3. The molecule has 33 heavy (non-hydrogen) atoms. The lowest BCUT2D eigenvalue weighted by Gasteiger charge is -2.11. The fourth-order valence-electron chi connectivity index (χ4n) is 3.02. The largest absolute Gasteiger partial charge is 0.497 e. The van der Waals surface area contributed by atoms with Crippen LogP contribution >= 0.6 is 39.3 Å². The summed E-state index contributed by atoms with van der Waals surface area (Å²) in [5.74, 6) is 0.459. The number of rotatable bonds is 7. The fraction of sp³-hybridized carbons (Fsp3) is 0.0870. The lowest BCUT2D eigenvalue weighted by Crippen LogP contribution is -2.15. The second kappa shape index (κ2) is 10.4. The third-order valence-electron chi connectivity index (χ3n) is 4.60. The summed E-state index contributed by atoms with van der Waals surface area (Å²) in [5.41, 5.74) is 1.73. The number of amides is 1. The quantitative estimate of drug-likeness (QED) is 0.278. The third kappa shape index (κ3) is 5.55. The number of methoxy groups -OCH3 is 1. The van der Waals surface area contributed by atoms with E-state index in [-0.39, 0.29) is 17.3 Å². The maximum absolute atomic E-state index is 14.0. The molecular formula is C23H17BrClFN4O2S. The lowest BCUT2D eigenvalue weighted by molar-refractivity contribution is -0.113. The number of ether oxygens (including phenoxy) is 1. The van der Waals surface area contributed by atoms with Crippen molar-refractivity contribution in [3.63, 3.8) is 0 Å². The Morgan fingerprint density at radius 3 is 2.52 bits per heavy atom. The monoisotopic (exact) mass is 546 g/mol. The average Bonchev–Trinajstić information content (AvgIpc) is 3.24. The number of benzene rings is 3. The first-order chi connectivity index (χ1) is 15.9. The molecule has 0 aliphatic heterocycles. The molecule has 0 spiro atoms. The molecule has 0 aliphatic carbocycles. The molecule has 4 rings (SSSR count). The molecule has 6 nitrogen and oxygen atoms in total. The smallest absolute Gasteiger partial charge is 0.234 e. The van der Waals surface area contributed by atoms with Gasteiger partial charge in [0.05, 0.1) is 18.6 Å². The molecule has 4 aromatic rings. The van der Waals surface area contributed by atoms with Gasteiger partial charge in [-0.3, -0.25) is 9.36 Å². The molecule has 10 heteroatoms. The molecule has 168 valence electrons. The molecule has 0 bridgehead atoms. The first kappa shape index (κ1) is 23.3. The van der Waals surface area contributed by atoms with Crippen molar-refractivity contribution in [2.75, 3.05) is 18.2 Å². The van der Waals surface area contributed by atoms with E-state index in [4.69, 9.17) is 16.3 Å². The number of aromatic nitrogens is 3. The van der Waals surface area contributed by atoms with Crippen molar-refractivity contribution in [2.45, 2.75) is 5.16 Å². The van der Waals surface area contributed by atoms with Crippen LogP contribution in [0.3, 0.4) is 0 Å². The van der Waals surface area contributed by atoms with Gasteiger partial charge in [0.25, 0.3) is 0 Å². The number of carbonyl (C=O) groups excluding carboxylic acids is 1. The summed E-state index contributed by atoms with van der Waals surface area (Å²) in [6.07, 6.45) is 0. The van der Waals surface area contributed by atoms with Crippen molar-refractivity contribution in [3.8, 4) is 22.8 Å². The van der Waals surface area contributed by atoms with Crippen LogP contribution in [0, 0.1) is 5.82 Å². The van der Waals surface area contributed by atoms with E-state index in [1.807, 2.05) is 41.0 Å². The maximum Gasteiger partial charge on any atom is 0.234 e. The van der Waals surface area contributed by atoms with E-state index in [1.54, 1.807) is 25.3 Å². The normalized spacial score (nSPS) is 10.8. The molecule has 0 unspecified atom stereocenters. The number of anilines is 1. The number of nitrogens with one attached hydrogen (secondary N) is 1. The molecule has 0 radical (unpaired) electrons. The van der Waals surface area contributed by atoms with Gasteiger partial charge >= 0.3 is 0 Å². The zero-order valence-corrected chi connectivity index (χ0v) is 20.4. The van der Waals surface area contributed by atoms with Gasteiger partial charge in [-0.1, -0.05) is 39.3 Å². The van der Waals surface area contributed by atoms with Crippen molar-refractivity contribution in [1.82, 2.24) is 14.8 Å². The van der Waals surface area contributed by atoms with Crippen LogP contribution in [0.15, 0.2) is 76.4 Å². The Hall–Kier alpha value is -2.88. The number of nitrogens with zero attached hydrogens (tertiary/aromatic N) is 3. The Balaban J connectivity index is 1.60. The minimum atomic E-state index is -0.520. The summed E-state index contributed by atoms with van der Waals surface area (Å²) in [6, 6.07) is 19.1. The molecular weight excluding hydrogens is 531 g/mol. The zero-order chi connectivity index (χ0) is 23.4. The lowest BCUT2D eigenvalue weighted by atomic mass is 10.2. The minimum Gasteiger partial charge on any atom is -0.497 e. The van der Waals surface area contributed by atoms with Gasteiger partial charge in [-0.2, -0.15) is 0 Å². The van der Waals surface area contributed by atoms with Crippen molar-refractivity contribution in [3.05, 3.63) is 82.0 Å². The number of carbonyl (C=O) groups is 1. The summed E-state index contributed by atoms with van der Waals surface area (Å²) in [5, 5.41) is 12.3. The van der Waals surface area contributed by atoms with Crippen LogP contribution in [0.25, 0.3) is 17.1 Å². The standard InChI is InChI=1S/C23H17BrClFN4O2S/c1-32-18-9-2-14(3-10-18)22-28-29-23(30(22)17-7-5-16(25)6-8-17)33-13-21(31)27-20-11-4-15(24)12-19(20)26/h2-12H,13H2,1H3,(H,27,31). The highest BCUT2D eigenvalue weighted by molar-refractivity contribution is 9.10. The van der Waals surface area contributed by atoms with Crippen LogP contribution < -0.4 is 10.1 Å². The van der Waals surface area contributed by atoms with Crippen LogP contribution in [0.5, 0.6) is 5.75 Å². The van der Waals surface area contributed by atoms with Gasteiger partial charge in [-0.15, -0.1) is 10.2 Å². The van der Waals surface area contributed by atoms with E-state index < -0.39 is 5.82 Å². The molecule has 0 atom stereocenters. The van der Waals surface area contributed by atoms with Crippen molar-refractivity contribution in [1.29, 1.82) is 0 Å². The Bertz CT molecular complexity index is 1280. The first-order valence-electron chi connectivity index (χ1n) is 9.68. The fourth-order valence-corrected chi connectivity index (χ4v) is 4.23. The van der Waals surface area contributed by atoms with Gasteiger partial charge in [-0.25, -0.2) is 4.39 Å². The summed E-state index contributed by atoms with van der Waals surface area (Å²) < 4.78 is 21.7. The van der Waals surface area contributed by atoms with Crippen molar-refractivity contribution < 1.29 is 13.9 Å². The highest BCUT2D eigenvalue weighted by Crippen LogP contribution is 2.30. The van der Waals surface area contributed by atoms with Gasteiger partial charge in [0.2, 0.25) is 5.91 Å². The predicted molar refractivity (Wildman–Crippen MR) is 132 cm³/mol. The van der Waals surface area contributed by atoms with E-state index >= 15 is 0 Å². The Kier molecular flexibility index (Phi) is 7.32. The Labute approximate surface area is 207 Å². The molecule has 1 N–H and O–H groups in total. The van der Waals surface area contributed by atoms with Crippen molar-refractivity contribution in [2.24, 2.45) is 0 Å².